The summed E-state index contributed by atoms with van der Waals surface area (Å²) in [4.78, 5) is 12.3. The average molecular weight is 296 g/mol. The van der Waals surface area contributed by atoms with Gasteiger partial charge in [-0.2, -0.15) is 0 Å². The molecule has 1 aromatic rings. The summed E-state index contributed by atoms with van der Waals surface area (Å²) < 4.78 is 18.5. The number of halogens is 1. The zero-order chi connectivity index (χ0) is 15.9. The SMILES string of the molecule is CCC(CC)(CN)C(=O)NC(C)COc1cccc(F)c1. The Balaban J connectivity index is 2.53. The quantitative estimate of drug-likeness (QED) is 0.774. The highest BCUT2D eigenvalue weighted by atomic mass is 19.1. The molecule has 0 fully saturated rings. The van der Waals surface area contributed by atoms with Crippen molar-refractivity contribution in [2.24, 2.45) is 11.1 Å². The molecule has 4 nitrogen and oxygen atoms in total. The Kier molecular flexibility index (Phi) is 6.62. The molecular formula is C16H25FN2O2. The molecule has 0 aromatic heterocycles. The molecule has 1 unspecified atom stereocenters. The second kappa shape index (κ2) is 7.98. The molecular weight excluding hydrogens is 271 g/mol. The van der Waals surface area contributed by atoms with Gasteiger partial charge in [0.05, 0.1) is 11.5 Å². The monoisotopic (exact) mass is 296 g/mol. The van der Waals surface area contributed by atoms with Gasteiger partial charge in [0.2, 0.25) is 5.91 Å². The van der Waals surface area contributed by atoms with Gasteiger partial charge in [-0.15, -0.1) is 0 Å². The van der Waals surface area contributed by atoms with Crippen molar-refractivity contribution in [3.05, 3.63) is 30.1 Å². The number of nitrogens with two attached hydrogens (primary N) is 1. The van der Waals surface area contributed by atoms with Gasteiger partial charge in [0.15, 0.2) is 0 Å². The fourth-order valence-electron chi connectivity index (χ4n) is 2.15. The molecule has 1 rings (SSSR count). The number of ether oxygens (including phenoxy) is 1. The van der Waals surface area contributed by atoms with E-state index in [1.54, 1.807) is 12.1 Å². The van der Waals surface area contributed by atoms with Crippen molar-refractivity contribution in [2.45, 2.75) is 39.7 Å². The number of hydrogen-bond donors (Lipinski definition) is 2. The van der Waals surface area contributed by atoms with E-state index >= 15 is 0 Å². The zero-order valence-corrected chi connectivity index (χ0v) is 13.0. The lowest BCUT2D eigenvalue weighted by molar-refractivity contribution is -0.131. The van der Waals surface area contributed by atoms with E-state index in [4.69, 9.17) is 10.5 Å². The maximum absolute atomic E-state index is 13.0. The molecule has 0 aliphatic rings. The molecule has 1 amide bonds. The van der Waals surface area contributed by atoms with Gasteiger partial charge in [-0.25, -0.2) is 4.39 Å². The van der Waals surface area contributed by atoms with Crippen molar-refractivity contribution in [1.82, 2.24) is 5.32 Å². The number of benzene rings is 1. The van der Waals surface area contributed by atoms with Crippen molar-refractivity contribution >= 4 is 5.91 Å². The minimum atomic E-state index is -0.521. The van der Waals surface area contributed by atoms with Crippen molar-refractivity contribution in [1.29, 1.82) is 0 Å². The highest BCUT2D eigenvalue weighted by Crippen LogP contribution is 2.25. The van der Waals surface area contributed by atoms with Gasteiger partial charge in [-0.05, 0) is 31.9 Å². The van der Waals surface area contributed by atoms with Crippen LogP contribution in [0.3, 0.4) is 0 Å². The van der Waals surface area contributed by atoms with Gasteiger partial charge < -0.3 is 15.8 Å². The Morgan fingerprint density at radius 1 is 1.43 bits per heavy atom. The summed E-state index contributed by atoms with van der Waals surface area (Å²) in [5.41, 5.74) is 5.23. The lowest BCUT2D eigenvalue weighted by atomic mass is 9.81. The van der Waals surface area contributed by atoms with Crippen LogP contribution in [-0.2, 0) is 4.79 Å². The lowest BCUT2D eigenvalue weighted by Crippen LogP contribution is -2.49. The molecule has 0 bridgehead atoms. The fourth-order valence-corrected chi connectivity index (χ4v) is 2.15. The van der Waals surface area contributed by atoms with E-state index in [9.17, 15) is 9.18 Å². The number of rotatable bonds is 8. The van der Waals surface area contributed by atoms with E-state index in [1.807, 2.05) is 20.8 Å². The van der Waals surface area contributed by atoms with Crippen molar-refractivity contribution in [3.63, 3.8) is 0 Å². The smallest absolute Gasteiger partial charge is 0.227 e. The molecule has 0 radical (unpaired) electrons. The number of hydrogen-bond acceptors (Lipinski definition) is 3. The predicted octanol–water partition coefficient (Wildman–Crippen LogP) is 2.47. The molecule has 118 valence electrons. The summed E-state index contributed by atoms with van der Waals surface area (Å²) in [5, 5.41) is 2.92. The summed E-state index contributed by atoms with van der Waals surface area (Å²) in [6.45, 7) is 6.38. The number of carbonyl (C=O) groups excluding carboxylic acids is 1. The second-order valence-electron chi connectivity index (χ2n) is 5.33. The number of carbonyl (C=O) groups is 1. The highest BCUT2D eigenvalue weighted by Gasteiger charge is 2.33. The first kappa shape index (κ1) is 17.4. The van der Waals surface area contributed by atoms with Crippen LogP contribution in [0.15, 0.2) is 24.3 Å². The van der Waals surface area contributed by atoms with Crippen LogP contribution in [0.5, 0.6) is 5.75 Å². The molecule has 3 N–H and O–H groups in total. The summed E-state index contributed by atoms with van der Waals surface area (Å²) >= 11 is 0. The molecule has 1 aromatic carbocycles. The van der Waals surface area contributed by atoms with Crippen LogP contribution in [0.2, 0.25) is 0 Å². The van der Waals surface area contributed by atoms with Crippen LogP contribution in [0.25, 0.3) is 0 Å². The fraction of sp³-hybridized carbons (Fsp3) is 0.562. The van der Waals surface area contributed by atoms with Crippen LogP contribution in [-0.4, -0.2) is 25.1 Å². The minimum Gasteiger partial charge on any atom is -0.491 e. The first-order valence-corrected chi connectivity index (χ1v) is 7.36. The Morgan fingerprint density at radius 2 is 2.10 bits per heavy atom. The lowest BCUT2D eigenvalue weighted by Gasteiger charge is -2.30. The Morgan fingerprint density at radius 3 is 2.62 bits per heavy atom. The standard InChI is InChI=1S/C16H25FN2O2/c1-4-16(5-2,11-18)15(20)19-12(3)10-21-14-8-6-7-13(17)9-14/h6-9,12H,4-5,10-11,18H2,1-3H3,(H,19,20). The van der Waals surface area contributed by atoms with E-state index < -0.39 is 5.41 Å². The number of nitrogens with one attached hydrogen (secondary N) is 1. The van der Waals surface area contributed by atoms with Gasteiger partial charge in [-0.3, -0.25) is 4.79 Å². The van der Waals surface area contributed by atoms with Crippen LogP contribution >= 0.6 is 0 Å². The first-order chi connectivity index (χ1) is 9.97. The molecule has 21 heavy (non-hydrogen) atoms. The van der Waals surface area contributed by atoms with E-state index in [1.165, 1.54) is 12.1 Å². The molecule has 0 aliphatic carbocycles. The molecule has 0 spiro atoms. The molecule has 5 heteroatoms. The van der Waals surface area contributed by atoms with Gasteiger partial charge in [0.1, 0.15) is 18.2 Å². The largest absolute Gasteiger partial charge is 0.491 e. The van der Waals surface area contributed by atoms with Crippen molar-refractivity contribution in [2.75, 3.05) is 13.2 Å². The molecule has 0 aliphatic heterocycles. The first-order valence-electron chi connectivity index (χ1n) is 7.36. The molecule has 0 heterocycles. The summed E-state index contributed by atoms with van der Waals surface area (Å²) in [7, 11) is 0. The third-order valence-corrected chi connectivity index (χ3v) is 3.90. The van der Waals surface area contributed by atoms with E-state index in [-0.39, 0.29) is 24.4 Å². The summed E-state index contributed by atoms with van der Waals surface area (Å²) in [6, 6.07) is 5.76. The molecule has 1 atom stereocenters. The van der Waals surface area contributed by atoms with Crippen LogP contribution in [0, 0.1) is 11.2 Å². The summed E-state index contributed by atoms with van der Waals surface area (Å²) in [6.07, 6.45) is 1.40. The number of amides is 1. The van der Waals surface area contributed by atoms with Crippen LogP contribution < -0.4 is 15.8 Å². The van der Waals surface area contributed by atoms with Crippen molar-refractivity contribution < 1.29 is 13.9 Å². The topological polar surface area (TPSA) is 64.4 Å². The van der Waals surface area contributed by atoms with Gasteiger partial charge >= 0.3 is 0 Å². The van der Waals surface area contributed by atoms with Gasteiger partial charge in [0, 0.05) is 12.6 Å². The Bertz CT molecular complexity index is 453. The minimum absolute atomic E-state index is 0.0506. The Labute approximate surface area is 125 Å². The summed E-state index contributed by atoms with van der Waals surface area (Å²) in [5.74, 6) is 0.0563. The second-order valence-corrected chi connectivity index (χ2v) is 5.33. The molecule has 0 saturated carbocycles. The van der Waals surface area contributed by atoms with E-state index in [0.717, 1.165) is 0 Å². The van der Waals surface area contributed by atoms with Crippen LogP contribution in [0.1, 0.15) is 33.6 Å². The average Bonchev–Trinajstić information content (AvgIpc) is 2.48. The zero-order valence-electron chi connectivity index (χ0n) is 13.0. The molecule has 0 saturated heterocycles. The maximum Gasteiger partial charge on any atom is 0.227 e. The third kappa shape index (κ3) is 4.70. The third-order valence-electron chi connectivity index (χ3n) is 3.90. The highest BCUT2D eigenvalue weighted by molar-refractivity contribution is 5.83. The Hall–Kier alpha value is -1.62. The van der Waals surface area contributed by atoms with Crippen molar-refractivity contribution in [3.8, 4) is 5.75 Å². The van der Waals surface area contributed by atoms with E-state index in [2.05, 4.69) is 5.32 Å². The normalized spacial score (nSPS) is 12.8. The van der Waals surface area contributed by atoms with E-state index in [0.29, 0.717) is 25.1 Å². The maximum atomic E-state index is 13.0. The predicted molar refractivity (Wildman–Crippen MR) is 81.6 cm³/mol. The van der Waals surface area contributed by atoms with Crippen LogP contribution in [0.4, 0.5) is 4.39 Å². The van der Waals surface area contributed by atoms with Gasteiger partial charge in [0.25, 0.3) is 0 Å². The van der Waals surface area contributed by atoms with Gasteiger partial charge in [-0.1, -0.05) is 19.9 Å².